The van der Waals surface area contributed by atoms with Crippen LogP contribution in [0.3, 0.4) is 0 Å². The highest BCUT2D eigenvalue weighted by molar-refractivity contribution is 7.87. The van der Waals surface area contributed by atoms with Gasteiger partial charge in [0, 0.05) is 26.7 Å². The minimum atomic E-state index is -3.60. The largest absolute Gasteiger partial charge is 0.409 e. The molecule has 1 fully saturated rings. The lowest BCUT2D eigenvalue weighted by Crippen LogP contribution is -2.53. The summed E-state index contributed by atoms with van der Waals surface area (Å²) in [5.74, 6) is -0.146. The molecular formula is C8H18N4O5S. The number of methoxy groups -OCH3 is 1. The van der Waals surface area contributed by atoms with Gasteiger partial charge in [0.05, 0.1) is 13.2 Å². The van der Waals surface area contributed by atoms with E-state index >= 15 is 0 Å². The molecule has 0 bridgehead atoms. The van der Waals surface area contributed by atoms with Crippen molar-refractivity contribution >= 4 is 16.0 Å². The number of nitrogens with zero attached hydrogens (tertiary/aromatic N) is 2. The zero-order valence-electron chi connectivity index (χ0n) is 10.1. The van der Waals surface area contributed by atoms with Crippen LogP contribution in [0.15, 0.2) is 5.16 Å². The second-order valence-electron chi connectivity index (χ2n) is 3.63. The molecule has 9 nitrogen and oxygen atoms in total. The van der Waals surface area contributed by atoms with Crippen LogP contribution in [-0.2, 0) is 19.7 Å². The Labute approximate surface area is 106 Å². The van der Waals surface area contributed by atoms with Crippen molar-refractivity contribution < 1.29 is 23.1 Å². The van der Waals surface area contributed by atoms with Crippen LogP contribution in [0, 0.1) is 0 Å². The summed E-state index contributed by atoms with van der Waals surface area (Å²) in [5, 5.41) is 11.3. The first-order chi connectivity index (χ1) is 8.51. The molecule has 0 spiro atoms. The van der Waals surface area contributed by atoms with Crippen molar-refractivity contribution in [3.8, 4) is 0 Å². The van der Waals surface area contributed by atoms with Crippen molar-refractivity contribution in [2.75, 3.05) is 40.0 Å². The molecule has 0 aromatic rings. The molecule has 4 N–H and O–H groups in total. The van der Waals surface area contributed by atoms with E-state index in [1.165, 1.54) is 11.4 Å². The van der Waals surface area contributed by atoms with E-state index in [1.807, 2.05) is 0 Å². The summed E-state index contributed by atoms with van der Waals surface area (Å²) in [7, 11) is -2.12. The third-order valence-electron chi connectivity index (χ3n) is 2.41. The van der Waals surface area contributed by atoms with E-state index in [0.717, 1.165) is 0 Å². The normalized spacial score (nSPS) is 23.2. The van der Waals surface area contributed by atoms with Crippen molar-refractivity contribution in [1.82, 2.24) is 9.03 Å². The number of nitrogens with one attached hydrogen (secondary N) is 1. The first-order valence-electron chi connectivity index (χ1n) is 5.34. The van der Waals surface area contributed by atoms with E-state index < -0.39 is 16.3 Å². The molecular weight excluding hydrogens is 264 g/mol. The molecule has 0 aliphatic carbocycles. The molecule has 1 heterocycles. The number of oxime groups is 1. The Morgan fingerprint density at radius 2 is 2.44 bits per heavy atom. The van der Waals surface area contributed by atoms with Gasteiger partial charge in [-0.25, -0.2) is 0 Å². The molecule has 1 saturated heterocycles. The molecule has 1 aliphatic heterocycles. The predicted octanol–water partition coefficient (Wildman–Crippen LogP) is -2.09. The monoisotopic (exact) mass is 282 g/mol. The Bertz CT molecular complexity index is 385. The number of nitrogens with two attached hydrogens (primary N) is 1. The lowest BCUT2D eigenvalue weighted by molar-refractivity contribution is 0.0350. The van der Waals surface area contributed by atoms with Gasteiger partial charge in [-0.2, -0.15) is 17.4 Å². The van der Waals surface area contributed by atoms with E-state index in [-0.39, 0.29) is 38.7 Å². The van der Waals surface area contributed by atoms with Gasteiger partial charge in [-0.15, -0.1) is 0 Å². The van der Waals surface area contributed by atoms with Crippen LogP contribution in [0.1, 0.15) is 0 Å². The van der Waals surface area contributed by atoms with Gasteiger partial charge in [-0.05, 0) is 0 Å². The second kappa shape index (κ2) is 6.85. The number of morpholine rings is 1. The van der Waals surface area contributed by atoms with Crippen LogP contribution in [0.25, 0.3) is 0 Å². The number of ether oxygens (including phenoxy) is 2. The smallest absolute Gasteiger partial charge is 0.279 e. The Kier molecular flexibility index (Phi) is 5.75. The number of amidine groups is 1. The first-order valence-corrected chi connectivity index (χ1v) is 6.78. The van der Waals surface area contributed by atoms with Gasteiger partial charge in [-0.3, -0.25) is 0 Å². The van der Waals surface area contributed by atoms with E-state index in [2.05, 4.69) is 9.88 Å². The van der Waals surface area contributed by atoms with Gasteiger partial charge in [0.15, 0.2) is 5.84 Å². The molecule has 0 aromatic carbocycles. The molecule has 1 aliphatic rings. The molecule has 0 aromatic heterocycles. The lowest BCUT2D eigenvalue weighted by Gasteiger charge is -2.31. The minimum absolute atomic E-state index is 0.0121. The van der Waals surface area contributed by atoms with E-state index in [1.54, 1.807) is 0 Å². The van der Waals surface area contributed by atoms with Gasteiger partial charge < -0.3 is 20.4 Å². The fourth-order valence-corrected chi connectivity index (χ4v) is 2.62. The Morgan fingerprint density at radius 3 is 3.06 bits per heavy atom. The number of hydrogen-bond donors (Lipinski definition) is 3. The Balaban J connectivity index is 2.60. The maximum atomic E-state index is 11.9. The average Bonchev–Trinajstić information content (AvgIpc) is 2.38. The fraction of sp³-hybridized carbons (Fsp3) is 0.875. The van der Waals surface area contributed by atoms with Gasteiger partial charge in [0.2, 0.25) is 0 Å². The Hall–Kier alpha value is -0.940. The average molecular weight is 282 g/mol. The van der Waals surface area contributed by atoms with Crippen molar-refractivity contribution in [3.05, 3.63) is 0 Å². The molecule has 10 heteroatoms. The Morgan fingerprint density at radius 1 is 1.72 bits per heavy atom. The van der Waals surface area contributed by atoms with Crippen molar-refractivity contribution in [3.63, 3.8) is 0 Å². The van der Waals surface area contributed by atoms with Crippen LogP contribution >= 0.6 is 0 Å². The summed E-state index contributed by atoms with van der Waals surface area (Å²) in [6.07, 6.45) is -0.734. The molecule has 0 amide bonds. The van der Waals surface area contributed by atoms with Gasteiger partial charge in [0.1, 0.15) is 6.10 Å². The summed E-state index contributed by atoms with van der Waals surface area (Å²) in [5.41, 5.74) is 5.39. The fourth-order valence-electron chi connectivity index (χ4n) is 1.45. The molecule has 1 unspecified atom stereocenters. The van der Waals surface area contributed by atoms with Gasteiger partial charge in [-0.1, -0.05) is 5.16 Å². The van der Waals surface area contributed by atoms with E-state index in [4.69, 9.17) is 20.4 Å². The molecule has 1 atom stereocenters. The minimum Gasteiger partial charge on any atom is -0.409 e. The van der Waals surface area contributed by atoms with Crippen LogP contribution in [0.2, 0.25) is 0 Å². The lowest BCUT2D eigenvalue weighted by atomic mass is 10.3. The van der Waals surface area contributed by atoms with Crippen LogP contribution in [-0.4, -0.2) is 69.8 Å². The van der Waals surface area contributed by atoms with Crippen molar-refractivity contribution in [2.24, 2.45) is 10.9 Å². The highest BCUT2D eigenvalue weighted by Crippen LogP contribution is 2.09. The third-order valence-corrected chi connectivity index (χ3v) is 3.99. The van der Waals surface area contributed by atoms with E-state index in [9.17, 15) is 8.42 Å². The maximum Gasteiger partial charge on any atom is 0.279 e. The summed E-state index contributed by atoms with van der Waals surface area (Å²) >= 11 is 0. The van der Waals surface area contributed by atoms with E-state index in [0.29, 0.717) is 0 Å². The standard InChI is InChI=1S/C8H18N4O5S/c1-16-4-2-10-18(14,15)12-3-5-17-7(6-12)8(9)11-13/h7,10,13H,2-6H2,1H3,(H2,9,11). The van der Waals surface area contributed by atoms with Crippen LogP contribution in [0.5, 0.6) is 0 Å². The molecule has 0 radical (unpaired) electrons. The zero-order valence-corrected chi connectivity index (χ0v) is 10.9. The third kappa shape index (κ3) is 4.07. The van der Waals surface area contributed by atoms with Crippen molar-refractivity contribution in [2.45, 2.75) is 6.10 Å². The first kappa shape index (κ1) is 15.1. The summed E-state index contributed by atoms with van der Waals surface area (Å²) in [4.78, 5) is 0. The van der Waals surface area contributed by atoms with Crippen LogP contribution in [0.4, 0.5) is 0 Å². The summed E-state index contributed by atoms with van der Waals surface area (Å²) < 4.78 is 37.3. The van der Waals surface area contributed by atoms with Gasteiger partial charge in [0.25, 0.3) is 10.2 Å². The van der Waals surface area contributed by atoms with Crippen LogP contribution < -0.4 is 10.5 Å². The summed E-state index contributed by atoms with van der Waals surface area (Å²) in [6, 6.07) is 0. The zero-order chi connectivity index (χ0) is 13.6. The molecule has 18 heavy (non-hydrogen) atoms. The number of rotatable bonds is 6. The van der Waals surface area contributed by atoms with Crippen molar-refractivity contribution in [1.29, 1.82) is 0 Å². The quantitative estimate of drug-likeness (QED) is 0.169. The second-order valence-corrected chi connectivity index (χ2v) is 5.39. The SMILES string of the molecule is COCCNS(=O)(=O)N1CCOC(C(N)=NO)C1. The molecule has 106 valence electrons. The molecule has 1 rings (SSSR count). The van der Waals surface area contributed by atoms with Gasteiger partial charge >= 0.3 is 0 Å². The maximum absolute atomic E-state index is 11.9. The number of hydrogen-bond acceptors (Lipinski definition) is 6. The highest BCUT2D eigenvalue weighted by atomic mass is 32.2. The predicted molar refractivity (Wildman–Crippen MR) is 63.5 cm³/mol. The highest BCUT2D eigenvalue weighted by Gasteiger charge is 2.31. The molecule has 0 saturated carbocycles. The summed E-state index contributed by atoms with van der Waals surface area (Å²) in [6.45, 7) is 0.888. The topological polar surface area (TPSA) is 126 Å².